The zero-order valence-electron chi connectivity index (χ0n) is 22.6. The van der Waals surface area contributed by atoms with Crippen LogP contribution < -0.4 is 0 Å². The molecule has 3 heterocycles. The standard InChI is InChI=1S/C34H35N3O3/c38-24-29-19-21-33-34(39-29)22-31(37-23-30(35-36-37)28-12-5-2-6-13-28)32(40-33)20-18-27-16-14-26(15-17-27)11-7-10-25-8-3-1-4-9-25/h1-6,8-9,12-17,23,29,31-34,38H,10,18-22,24H2/t29-,31+,32-,33+,34+/m1/s1. The fraction of sp³-hybridized carbons (Fsp3) is 0.353. The molecule has 4 aromatic rings. The molecule has 2 fully saturated rings. The molecule has 2 aliphatic rings. The van der Waals surface area contributed by atoms with Crippen LogP contribution in [0.3, 0.4) is 0 Å². The molecule has 0 aliphatic carbocycles. The molecule has 0 amide bonds. The Kier molecular flexibility index (Phi) is 8.34. The fourth-order valence-corrected chi connectivity index (χ4v) is 5.77. The van der Waals surface area contributed by atoms with E-state index in [9.17, 15) is 5.11 Å². The fourth-order valence-electron chi connectivity index (χ4n) is 5.77. The Labute approximate surface area is 236 Å². The Morgan fingerprint density at radius 1 is 0.850 bits per heavy atom. The lowest BCUT2D eigenvalue weighted by Gasteiger charge is -2.45. The number of aromatic nitrogens is 3. The van der Waals surface area contributed by atoms with Crippen LogP contribution in [0.15, 0.2) is 91.1 Å². The van der Waals surface area contributed by atoms with Crippen LogP contribution in [-0.4, -0.2) is 51.1 Å². The van der Waals surface area contributed by atoms with E-state index in [1.165, 1.54) is 11.1 Å². The zero-order valence-corrected chi connectivity index (χ0v) is 22.6. The molecule has 2 aliphatic heterocycles. The molecule has 2 saturated heterocycles. The maximum Gasteiger partial charge on any atom is 0.113 e. The Morgan fingerprint density at radius 2 is 1.62 bits per heavy atom. The third-order valence-electron chi connectivity index (χ3n) is 7.97. The van der Waals surface area contributed by atoms with Gasteiger partial charge in [0.05, 0.1) is 43.3 Å². The van der Waals surface area contributed by atoms with E-state index in [1.54, 1.807) is 0 Å². The Hall–Kier alpha value is -3.76. The predicted octanol–water partition coefficient (Wildman–Crippen LogP) is 5.41. The number of hydrogen-bond acceptors (Lipinski definition) is 5. The maximum absolute atomic E-state index is 9.67. The minimum Gasteiger partial charge on any atom is -0.394 e. The van der Waals surface area contributed by atoms with Crippen molar-refractivity contribution in [1.82, 2.24) is 15.0 Å². The quantitative estimate of drug-likeness (QED) is 0.322. The molecular weight excluding hydrogens is 498 g/mol. The van der Waals surface area contributed by atoms with Gasteiger partial charge in [-0.25, -0.2) is 4.68 Å². The molecule has 6 rings (SSSR count). The Morgan fingerprint density at radius 3 is 2.40 bits per heavy atom. The van der Waals surface area contributed by atoms with Crippen molar-refractivity contribution in [3.63, 3.8) is 0 Å². The van der Waals surface area contributed by atoms with Crippen molar-refractivity contribution in [3.8, 4) is 23.1 Å². The number of fused-ring (bicyclic) bond motifs is 1. The number of aliphatic hydroxyl groups is 1. The van der Waals surface area contributed by atoms with Gasteiger partial charge in [0.15, 0.2) is 0 Å². The van der Waals surface area contributed by atoms with Crippen molar-refractivity contribution in [2.24, 2.45) is 0 Å². The summed E-state index contributed by atoms with van der Waals surface area (Å²) in [6, 6.07) is 29.0. The molecule has 0 spiro atoms. The summed E-state index contributed by atoms with van der Waals surface area (Å²) in [5.74, 6) is 6.56. The normalized spacial score (nSPS) is 24.1. The van der Waals surface area contributed by atoms with Crippen molar-refractivity contribution in [2.45, 2.75) is 69.0 Å². The summed E-state index contributed by atoms with van der Waals surface area (Å²) in [4.78, 5) is 0. The Balaban J connectivity index is 1.14. The van der Waals surface area contributed by atoms with E-state index in [2.05, 4.69) is 58.6 Å². The highest BCUT2D eigenvalue weighted by molar-refractivity contribution is 5.57. The third kappa shape index (κ3) is 6.34. The van der Waals surface area contributed by atoms with E-state index < -0.39 is 0 Å². The summed E-state index contributed by atoms with van der Waals surface area (Å²) in [6.45, 7) is 0.0470. The predicted molar refractivity (Wildman–Crippen MR) is 155 cm³/mol. The minimum atomic E-state index is -0.119. The van der Waals surface area contributed by atoms with Crippen LogP contribution in [0.1, 0.15) is 48.4 Å². The first kappa shape index (κ1) is 26.5. The smallest absolute Gasteiger partial charge is 0.113 e. The first-order valence-corrected chi connectivity index (χ1v) is 14.3. The first-order chi connectivity index (χ1) is 19.7. The molecule has 3 aromatic carbocycles. The number of aryl methyl sites for hydroxylation is 1. The summed E-state index contributed by atoms with van der Waals surface area (Å²) in [6.07, 6.45) is 6.93. The van der Waals surface area contributed by atoms with Gasteiger partial charge in [-0.05, 0) is 48.9 Å². The molecule has 1 aromatic heterocycles. The second kappa shape index (κ2) is 12.6. The second-order valence-corrected chi connectivity index (χ2v) is 10.7. The van der Waals surface area contributed by atoms with Gasteiger partial charge in [0.2, 0.25) is 0 Å². The molecule has 1 N–H and O–H groups in total. The number of benzene rings is 3. The summed E-state index contributed by atoms with van der Waals surface area (Å²) >= 11 is 0. The van der Waals surface area contributed by atoms with Crippen molar-refractivity contribution in [3.05, 3.63) is 108 Å². The van der Waals surface area contributed by atoms with Crippen LogP contribution in [0.2, 0.25) is 0 Å². The average molecular weight is 534 g/mol. The minimum absolute atomic E-state index is 0.00628. The highest BCUT2D eigenvalue weighted by atomic mass is 16.6. The van der Waals surface area contributed by atoms with Gasteiger partial charge < -0.3 is 14.6 Å². The number of aliphatic hydroxyl groups excluding tert-OH is 1. The lowest BCUT2D eigenvalue weighted by Crippen LogP contribution is -2.51. The van der Waals surface area contributed by atoms with Crippen molar-refractivity contribution in [2.75, 3.05) is 6.61 Å². The molecule has 5 atom stereocenters. The number of rotatable bonds is 7. The number of hydrogen-bond donors (Lipinski definition) is 1. The number of nitrogens with zero attached hydrogens (tertiary/aromatic N) is 3. The summed E-state index contributed by atoms with van der Waals surface area (Å²) in [5, 5.41) is 18.7. The van der Waals surface area contributed by atoms with Crippen LogP contribution in [0.5, 0.6) is 0 Å². The SMILES string of the molecule is OC[C@H]1CC[C@@H]2O[C@H](CCc3ccc(C#CCc4ccccc4)cc3)[C@@H](n3cc(-c4ccccc4)nn3)C[C@@H]2O1. The molecule has 0 bridgehead atoms. The van der Waals surface area contributed by atoms with Gasteiger partial charge in [0.25, 0.3) is 0 Å². The maximum atomic E-state index is 9.67. The topological polar surface area (TPSA) is 69.4 Å². The molecule has 0 unspecified atom stereocenters. The molecule has 6 nitrogen and oxygen atoms in total. The summed E-state index contributed by atoms with van der Waals surface area (Å²) in [7, 11) is 0. The van der Waals surface area contributed by atoms with Crippen molar-refractivity contribution in [1.29, 1.82) is 0 Å². The molecule has 0 saturated carbocycles. The van der Waals surface area contributed by atoms with Gasteiger partial charge in [-0.2, -0.15) is 0 Å². The van der Waals surface area contributed by atoms with E-state index in [0.29, 0.717) is 0 Å². The van der Waals surface area contributed by atoms with E-state index in [-0.39, 0.29) is 37.1 Å². The molecular formula is C34H35N3O3. The van der Waals surface area contributed by atoms with Crippen LogP contribution in [0.25, 0.3) is 11.3 Å². The van der Waals surface area contributed by atoms with Crippen molar-refractivity contribution < 1.29 is 14.6 Å². The van der Waals surface area contributed by atoms with Gasteiger partial charge >= 0.3 is 0 Å². The summed E-state index contributed by atoms with van der Waals surface area (Å²) in [5.41, 5.74) is 5.42. The Bertz CT molecular complexity index is 1430. The average Bonchev–Trinajstić information content (AvgIpc) is 3.51. The van der Waals surface area contributed by atoms with Crippen molar-refractivity contribution >= 4 is 0 Å². The van der Waals surface area contributed by atoms with Gasteiger partial charge in [-0.3, -0.25) is 0 Å². The van der Waals surface area contributed by atoms with Crippen LogP contribution in [-0.2, 0) is 22.3 Å². The molecule has 0 radical (unpaired) electrons. The molecule has 40 heavy (non-hydrogen) atoms. The van der Waals surface area contributed by atoms with E-state index in [4.69, 9.17) is 9.47 Å². The third-order valence-corrected chi connectivity index (χ3v) is 7.97. The van der Waals surface area contributed by atoms with E-state index in [1.807, 2.05) is 59.4 Å². The van der Waals surface area contributed by atoms with E-state index in [0.717, 1.165) is 55.3 Å². The number of ether oxygens (including phenoxy) is 2. The zero-order chi connectivity index (χ0) is 27.1. The van der Waals surface area contributed by atoms with Gasteiger partial charge in [-0.1, -0.05) is 89.9 Å². The lowest BCUT2D eigenvalue weighted by atomic mass is 9.88. The largest absolute Gasteiger partial charge is 0.394 e. The molecule has 204 valence electrons. The lowest BCUT2D eigenvalue weighted by molar-refractivity contribution is -0.209. The van der Waals surface area contributed by atoms with E-state index >= 15 is 0 Å². The molecule has 6 heteroatoms. The monoisotopic (exact) mass is 533 g/mol. The van der Waals surface area contributed by atoms with Crippen LogP contribution in [0.4, 0.5) is 0 Å². The van der Waals surface area contributed by atoms with Crippen LogP contribution >= 0.6 is 0 Å². The first-order valence-electron chi connectivity index (χ1n) is 14.3. The van der Waals surface area contributed by atoms with Crippen LogP contribution in [0, 0.1) is 11.8 Å². The highest BCUT2D eigenvalue weighted by Crippen LogP contribution is 2.38. The van der Waals surface area contributed by atoms with Gasteiger partial charge in [0, 0.05) is 24.0 Å². The second-order valence-electron chi connectivity index (χ2n) is 10.7. The van der Waals surface area contributed by atoms with Gasteiger partial charge in [-0.15, -0.1) is 5.10 Å². The van der Waals surface area contributed by atoms with Gasteiger partial charge in [0.1, 0.15) is 5.69 Å². The highest BCUT2D eigenvalue weighted by Gasteiger charge is 2.43. The summed E-state index contributed by atoms with van der Waals surface area (Å²) < 4.78 is 14.9.